The number of carbonyl (C=O) groups is 3. The van der Waals surface area contributed by atoms with Crippen LogP contribution in [0.4, 0.5) is 0 Å². The number of ether oxygens (including phenoxy) is 3. The van der Waals surface area contributed by atoms with Gasteiger partial charge in [0, 0.05) is 27.4 Å². The molecule has 0 rings (SSSR count). The maximum absolute atomic E-state index is 13.5. The second-order valence-electron chi connectivity index (χ2n) is 12.5. The van der Waals surface area contributed by atoms with Crippen LogP contribution in [-0.2, 0) is 55.5 Å². The Morgan fingerprint density at radius 2 is 1.32 bits per heavy atom. The van der Waals surface area contributed by atoms with Crippen LogP contribution in [-0.4, -0.2) is 118 Å². The summed E-state index contributed by atoms with van der Waals surface area (Å²) in [6.45, 7) is 7.72. The number of alkyl halides is 1. The molecule has 0 saturated heterocycles. The molecule has 0 radical (unpaired) electrons. The Labute approximate surface area is 272 Å². The highest BCUT2D eigenvalue weighted by molar-refractivity contribution is 9.10. The van der Waals surface area contributed by atoms with Crippen molar-refractivity contribution in [1.82, 2.24) is 0 Å². The van der Waals surface area contributed by atoms with Gasteiger partial charge in [-0.1, -0.05) is 15.9 Å². The highest BCUT2D eigenvalue weighted by Gasteiger charge is 2.50. The van der Waals surface area contributed by atoms with E-state index < -0.39 is 62.9 Å². The molecule has 0 aromatic heterocycles. The van der Waals surface area contributed by atoms with Crippen molar-refractivity contribution < 1.29 is 64.9 Å². The van der Waals surface area contributed by atoms with Crippen LogP contribution in [0.5, 0.6) is 0 Å². The van der Waals surface area contributed by atoms with E-state index in [1.54, 1.807) is 34.6 Å². The summed E-state index contributed by atoms with van der Waals surface area (Å²) in [5.74, 6) is -1.92. The second-order valence-corrected chi connectivity index (χ2v) is 18.8. The van der Waals surface area contributed by atoms with Gasteiger partial charge in [-0.2, -0.15) is 0 Å². The Morgan fingerprint density at radius 1 is 0.795 bits per heavy atom. The maximum atomic E-state index is 13.5. The van der Waals surface area contributed by atoms with Crippen molar-refractivity contribution in [1.29, 1.82) is 0 Å². The molecule has 260 valence electrons. The van der Waals surface area contributed by atoms with Crippen LogP contribution >= 0.6 is 23.8 Å². The minimum atomic E-state index is -4.61. The van der Waals surface area contributed by atoms with E-state index in [0.717, 1.165) is 0 Å². The molecule has 3 unspecified atom stereocenters. The van der Waals surface area contributed by atoms with Gasteiger partial charge < -0.3 is 45.9 Å². The molecule has 0 aromatic rings. The molecule has 44 heavy (non-hydrogen) atoms. The van der Waals surface area contributed by atoms with Crippen molar-refractivity contribution in [3.05, 3.63) is 0 Å². The van der Waals surface area contributed by atoms with Gasteiger partial charge in [-0.05, 0) is 53.9 Å². The van der Waals surface area contributed by atoms with Gasteiger partial charge >= 0.3 is 26.7 Å². The van der Waals surface area contributed by atoms with Gasteiger partial charge in [0.15, 0.2) is 0 Å². The monoisotopic (exact) mass is 737 g/mol. The number of rotatable bonds is 23. The number of phosphoric ester groups is 1. The number of likely N-dealkylation sites (N-methyl/N-ethyl adjacent to an activating group) is 1. The Hall–Kier alpha value is -0.943. The zero-order valence-corrected chi connectivity index (χ0v) is 31.6. The van der Waals surface area contributed by atoms with E-state index >= 15 is 0 Å². The molecule has 0 N–H and O–H groups in total. The third kappa shape index (κ3) is 15.6. The fourth-order valence-corrected chi connectivity index (χ4v) is 7.57. The number of quaternary nitrogens is 1. The molecule has 17 heteroatoms. The first kappa shape index (κ1) is 43.1. The fourth-order valence-electron chi connectivity index (χ4n) is 4.47. The first-order chi connectivity index (χ1) is 20.0. The van der Waals surface area contributed by atoms with Crippen molar-refractivity contribution in [2.45, 2.75) is 64.2 Å². The molecule has 0 aliphatic heterocycles. The van der Waals surface area contributed by atoms with Crippen LogP contribution in [0.1, 0.15) is 53.9 Å². The van der Waals surface area contributed by atoms with Crippen molar-refractivity contribution in [2.75, 3.05) is 82.1 Å². The molecule has 0 spiro atoms. The van der Waals surface area contributed by atoms with Crippen LogP contribution in [0.25, 0.3) is 0 Å². The van der Waals surface area contributed by atoms with Crippen molar-refractivity contribution in [2.24, 2.45) is 10.8 Å². The summed E-state index contributed by atoms with van der Waals surface area (Å²) in [5, 5.41) is 0. The summed E-state index contributed by atoms with van der Waals surface area (Å²) in [7, 11) is 2.67. The molecule has 3 atom stereocenters. The number of esters is 3. The smallest absolute Gasteiger partial charge is 0.500 e. The lowest BCUT2D eigenvalue weighted by atomic mass is 9.69. The van der Waals surface area contributed by atoms with Crippen LogP contribution < -0.4 is 4.89 Å². The van der Waals surface area contributed by atoms with Gasteiger partial charge in [0.2, 0.25) is 0 Å². The standard InChI is InChI=1S/C27H53BrNO13PSi/c1-12-38-22(30)25(2,3)20-26(4,23(31)40-17-18-42-43(33,34)41-16-14-29(6,7)8)21-27(5,28)24(32)39-15-13-19-44(35-9,36-10)37-11/h12-21H2,1-11H3. The SMILES string of the molecule is CCOC(=O)C(C)(C)CC(C)(CC(C)(Br)C(=O)OCCC[Si](OC)(OC)OC)C(=O)OCCOP(=O)([O-])OCC[N+](C)(C)C. The second kappa shape index (κ2) is 18.4. The number of nitrogens with zero attached hydrogens (tertiary/aromatic N) is 1. The van der Waals surface area contributed by atoms with Gasteiger partial charge in [-0.3, -0.25) is 18.9 Å². The van der Waals surface area contributed by atoms with Gasteiger partial charge in [-0.15, -0.1) is 0 Å². The third-order valence-corrected chi connectivity index (χ3v) is 11.1. The molecular weight excluding hydrogens is 685 g/mol. The molecule has 0 aliphatic rings. The highest BCUT2D eigenvalue weighted by Crippen LogP contribution is 2.44. The molecule has 14 nitrogen and oxygen atoms in total. The Morgan fingerprint density at radius 3 is 1.82 bits per heavy atom. The zero-order chi connectivity index (χ0) is 34.5. The quantitative estimate of drug-likeness (QED) is 0.0286. The predicted molar refractivity (Wildman–Crippen MR) is 166 cm³/mol. The number of phosphoric acid groups is 1. The molecule has 0 fully saturated rings. The lowest BCUT2D eigenvalue weighted by molar-refractivity contribution is -0.870. The van der Waals surface area contributed by atoms with Gasteiger partial charge in [0.05, 0.1) is 51.8 Å². The average molecular weight is 739 g/mol. The summed E-state index contributed by atoms with van der Waals surface area (Å²) in [5.41, 5.74) is -2.55. The Bertz CT molecular complexity index is 964. The van der Waals surface area contributed by atoms with Crippen LogP contribution in [0, 0.1) is 10.8 Å². The van der Waals surface area contributed by atoms with Gasteiger partial charge in [-0.25, -0.2) is 0 Å². The zero-order valence-electron chi connectivity index (χ0n) is 28.2. The molecular formula is C27H53BrNO13PSi. The largest absolute Gasteiger partial charge is 0.756 e. The normalized spacial score (nSPS) is 16.8. The van der Waals surface area contributed by atoms with Crippen LogP contribution in [0.2, 0.25) is 6.04 Å². The van der Waals surface area contributed by atoms with E-state index in [9.17, 15) is 23.8 Å². The maximum Gasteiger partial charge on any atom is 0.500 e. The number of hydrogen-bond donors (Lipinski definition) is 0. The Balaban J connectivity index is 5.56. The lowest BCUT2D eigenvalue weighted by Gasteiger charge is -2.38. The number of hydrogen-bond acceptors (Lipinski definition) is 13. The topological polar surface area (TPSA) is 165 Å². The predicted octanol–water partition coefficient (Wildman–Crippen LogP) is 3.08. The first-order valence-electron chi connectivity index (χ1n) is 14.3. The lowest BCUT2D eigenvalue weighted by Crippen LogP contribution is -2.45. The highest BCUT2D eigenvalue weighted by atomic mass is 79.9. The van der Waals surface area contributed by atoms with Crippen LogP contribution in [0.3, 0.4) is 0 Å². The average Bonchev–Trinajstić information content (AvgIpc) is 2.90. The van der Waals surface area contributed by atoms with Gasteiger partial charge in [0.1, 0.15) is 24.1 Å². The molecule has 0 amide bonds. The molecule has 0 aromatic carbocycles. The summed E-state index contributed by atoms with van der Waals surface area (Å²) < 4.78 is 53.1. The Kier molecular flexibility index (Phi) is 18.0. The summed E-state index contributed by atoms with van der Waals surface area (Å²) in [6.07, 6.45) is 0.238. The van der Waals surface area contributed by atoms with Crippen LogP contribution in [0.15, 0.2) is 0 Å². The summed E-state index contributed by atoms with van der Waals surface area (Å²) >= 11 is 3.42. The minimum absolute atomic E-state index is 0.0454. The minimum Gasteiger partial charge on any atom is -0.756 e. The number of halogens is 1. The fraction of sp³-hybridized carbons (Fsp3) is 0.889. The van der Waals surface area contributed by atoms with Gasteiger partial charge in [0.25, 0.3) is 7.82 Å². The van der Waals surface area contributed by atoms with E-state index in [0.29, 0.717) is 23.5 Å². The van der Waals surface area contributed by atoms with E-state index in [-0.39, 0.29) is 32.7 Å². The van der Waals surface area contributed by atoms with E-state index in [2.05, 4.69) is 15.9 Å². The van der Waals surface area contributed by atoms with E-state index in [1.165, 1.54) is 21.3 Å². The molecule has 0 saturated carbocycles. The molecule has 0 heterocycles. The third-order valence-electron chi connectivity index (χ3n) is 6.67. The summed E-state index contributed by atoms with van der Waals surface area (Å²) in [6, 6.07) is 0.416. The van der Waals surface area contributed by atoms with E-state index in [1.807, 2.05) is 21.1 Å². The van der Waals surface area contributed by atoms with E-state index in [4.69, 9.17) is 36.5 Å². The van der Waals surface area contributed by atoms with Crippen molar-refractivity contribution >= 4 is 50.5 Å². The first-order valence-corrected chi connectivity index (χ1v) is 18.5. The van der Waals surface area contributed by atoms with Crippen molar-refractivity contribution in [3.8, 4) is 0 Å². The number of carbonyl (C=O) groups excluding carboxylic acids is 3. The molecule has 0 bridgehead atoms. The molecule has 0 aliphatic carbocycles. The summed E-state index contributed by atoms with van der Waals surface area (Å²) in [4.78, 5) is 51.4. The van der Waals surface area contributed by atoms with Crippen molar-refractivity contribution in [3.63, 3.8) is 0 Å².